The molecular formula is C18H21FN2O4S. The van der Waals surface area contributed by atoms with E-state index in [1.165, 1.54) is 37.4 Å². The van der Waals surface area contributed by atoms with E-state index >= 15 is 0 Å². The lowest BCUT2D eigenvalue weighted by molar-refractivity contribution is 0.0952. The Balaban J connectivity index is 2.13. The number of rotatable bonds is 8. The molecule has 0 aliphatic rings. The summed E-state index contributed by atoms with van der Waals surface area (Å²) in [7, 11) is -2.38. The third-order valence-corrected chi connectivity index (χ3v) is 5.14. The van der Waals surface area contributed by atoms with Gasteiger partial charge in [-0.05, 0) is 49.2 Å². The van der Waals surface area contributed by atoms with Crippen LogP contribution in [-0.2, 0) is 16.4 Å². The van der Waals surface area contributed by atoms with Crippen molar-refractivity contribution in [1.82, 2.24) is 10.0 Å². The number of carbonyl (C=O) groups is 1. The van der Waals surface area contributed by atoms with Crippen molar-refractivity contribution in [2.45, 2.75) is 18.2 Å². The van der Waals surface area contributed by atoms with E-state index in [4.69, 9.17) is 4.74 Å². The van der Waals surface area contributed by atoms with Gasteiger partial charge in [-0.1, -0.05) is 12.1 Å². The van der Waals surface area contributed by atoms with Gasteiger partial charge in [-0.15, -0.1) is 0 Å². The molecule has 0 radical (unpaired) electrons. The quantitative estimate of drug-likeness (QED) is 0.735. The van der Waals surface area contributed by atoms with Crippen LogP contribution in [0, 0.1) is 5.82 Å². The Morgan fingerprint density at radius 1 is 1.15 bits per heavy atom. The molecule has 1 amide bonds. The van der Waals surface area contributed by atoms with Crippen LogP contribution in [0.2, 0.25) is 0 Å². The van der Waals surface area contributed by atoms with Gasteiger partial charge in [0, 0.05) is 13.1 Å². The van der Waals surface area contributed by atoms with E-state index in [1.807, 2.05) is 0 Å². The highest BCUT2D eigenvalue weighted by Crippen LogP contribution is 2.22. The van der Waals surface area contributed by atoms with E-state index in [0.29, 0.717) is 18.7 Å². The Morgan fingerprint density at radius 2 is 1.85 bits per heavy atom. The third-order valence-electron chi connectivity index (χ3n) is 3.68. The fraction of sp³-hybridized carbons (Fsp3) is 0.278. The van der Waals surface area contributed by atoms with Crippen LogP contribution < -0.4 is 14.8 Å². The van der Waals surface area contributed by atoms with Gasteiger partial charge in [0.05, 0.1) is 17.6 Å². The highest BCUT2D eigenvalue weighted by Gasteiger charge is 2.19. The van der Waals surface area contributed by atoms with Crippen molar-refractivity contribution >= 4 is 15.9 Å². The Labute approximate surface area is 152 Å². The minimum atomic E-state index is -3.79. The Hall–Kier alpha value is -2.45. The second-order valence-electron chi connectivity index (χ2n) is 5.50. The Bertz CT molecular complexity index is 867. The van der Waals surface area contributed by atoms with Gasteiger partial charge in [-0.3, -0.25) is 4.79 Å². The fourth-order valence-corrected chi connectivity index (χ4v) is 3.41. The number of hydrogen-bond acceptors (Lipinski definition) is 4. The third kappa shape index (κ3) is 5.03. The Morgan fingerprint density at radius 3 is 2.46 bits per heavy atom. The molecule has 2 aromatic rings. The lowest BCUT2D eigenvalue weighted by Crippen LogP contribution is -2.27. The molecule has 0 atom stereocenters. The second kappa shape index (κ2) is 8.77. The summed E-state index contributed by atoms with van der Waals surface area (Å²) in [5, 5.41) is 2.62. The van der Waals surface area contributed by atoms with Crippen LogP contribution >= 0.6 is 0 Å². The van der Waals surface area contributed by atoms with Crippen LogP contribution in [0.4, 0.5) is 4.39 Å². The summed E-state index contributed by atoms with van der Waals surface area (Å²) < 4.78 is 45.4. The summed E-state index contributed by atoms with van der Waals surface area (Å²) in [6.45, 7) is 2.33. The molecule has 2 N–H and O–H groups in total. The lowest BCUT2D eigenvalue weighted by Gasteiger charge is -2.12. The number of benzene rings is 2. The number of carbonyl (C=O) groups excluding carboxylic acids is 1. The zero-order valence-corrected chi connectivity index (χ0v) is 15.4. The summed E-state index contributed by atoms with van der Waals surface area (Å²) in [5.74, 6) is -0.459. The number of ether oxygens (including phenoxy) is 1. The number of amides is 1. The maximum absolute atomic E-state index is 12.9. The fourth-order valence-electron chi connectivity index (χ4n) is 2.35. The molecule has 0 saturated heterocycles. The monoisotopic (exact) mass is 380 g/mol. The minimum absolute atomic E-state index is 0.0290. The average Bonchev–Trinajstić information content (AvgIpc) is 2.63. The smallest absolute Gasteiger partial charge is 0.255 e. The topological polar surface area (TPSA) is 84.5 Å². The largest absolute Gasteiger partial charge is 0.496 e. The molecule has 0 aliphatic heterocycles. The molecule has 0 bridgehead atoms. The molecule has 2 rings (SSSR count). The van der Waals surface area contributed by atoms with Crippen LogP contribution in [0.15, 0.2) is 47.4 Å². The molecule has 0 spiro atoms. The normalized spacial score (nSPS) is 11.2. The number of nitrogens with one attached hydrogen (secondary N) is 2. The molecule has 0 aromatic heterocycles. The lowest BCUT2D eigenvalue weighted by atomic mass is 10.1. The van der Waals surface area contributed by atoms with Gasteiger partial charge < -0.3 is 10.1 Å². The van der Waals surface area contributed by atoms with Crippen molar-refractivity contribution in [3.8, 4) is 5.75 Å². The standard InChI is InChI=1S/C18H21FN2O4S/c1-3-20-18(22)16-12-15(8-9-17(16)25-2)26(23,24)21-11-10-13-4-6-14(19)7-5-13/h4-9,12,21H,3,10-11H2,1-2H3,(H,20,22). The SMILES string of the molecule is CCNC(=O)c1cc(S(=O)(=O)NCCc2ccc(F)cc2)ccc1OC. The first-order valence-electron chi connectivity index (χ1n) is 8.07. The van der Waals surface area contributed by atoms with Crippen LogP contribution in [-0.4, -0.2) is 34.5 Å². The summed E-state index contributed by atoms with van der Waals surface area (Å²) in [4.78, 5) is 12.1. The van der Waals surface area contributed by atoms with Crippen LogP contribution in [0.25, 0.3) is 0 Å². The maximum Gasteiger partial charge on any atom is 0.255 e. The zero-order valence-electron chi connectivity index (χ0n) is 14.6. The van der Waals surface area contributed by atoms with Crippen LogP contribution in [0.5, 0.6) is 5.75 Å². The highest BCUT2D eigenvalue weighted by atomic mass is 32.2. The molecule has 8 heteroatoms. The molecule has 6 nitrogen and oxygen atoms in total. The summed E-state index contributed by atoms with van der Waals surface area (Å²) in [6, 6.07) is 9.96. The van der Waals surface area contributed by atoms with Crippen molar-refractivity contribution in [1.29, 1.82) is 0 Å². The molecule has 26 heavy (non-hydrogen) atoms. The van der Waals surface area contributed by atoms with Gasteiger partial charge in [-0.2, -0.15) is 0 Å². The van der Waals surface area contributed by atoms with Crippen LogP contribution in [0.3, 0.4) is 0 Å². The van der Waals surface area contributed by atoms with E-state index in [0.717, 1.165) is 5.56 Å². The number of halogens is 1. The van der Waals surface area contributed by atoms with Crippen LogP contribution in [0.1, 0.15) is 22.8 Å². The number of hydrogen-bond donors (Lipinski definition) is 2. The second-order valence-corrected chi connectivity index (χ2v) is 7.26. The van der Waals surface area contributed by atoms with Crippen molar-refractivity contribution in [2.75, 3.05) is 20.2 Å². The molecule has 0 fully saturated rings. The number of methoxy groups -OCH3 is 1. The van der Waals surface area contributed by atoms with E-state index in [9.17, 15) is 17.6 Å². The highest BCUT2D eigenvalue weighted by molar-refractivity contribution is 7.89. The molecule has 0 heterocycles. The summed E-state index contributed by atoms with van der Waals surface area (Å²) in [6.07, 6.45) is 0.416. The first-order chi connectivity index (χ1) is 12.4. The van der Waals surface area contributed by atoms with Gasteiger partial charge in [-0.25, -0.2) is 17.5 Å². The maximum atomic E-state index is 12.9. The molecule has 2 aromatic carbocycles. The molecule has 0 aliphatic carbocycles. The van der Waals surface area contributed by atoms with Crippen molar-refractivity contribution in [2.24, 2.45) is 0 Å². The first kappa shape index (κ1) is 19.9. The van der Waals surface area contributed by atoms with E-state index in [-0.39, 0.29) is 22.8 Å². The minimum Gasteiger partial charge on any atom is -0.496 e. The van der Waals surface area contributed by atoms with Gasteiger partial charge in [0.2, 0.25) is 10.0 Å². The number of sulfonamides is 1. The van der Waals surface area contributed by atoms with E-state index in [2.05, 4.69) is 10.0 Å². The molecule has 140 valence electrons. The summed E-state index contributed by atoms with van der Waals surface area (Å²) >= 11 is 0. The predicted octanol–water partition coefficient (Wildman–Crippen LogP) is 2.10. The first-order valence-corrected chi connectivity index (χ1v) is 9.56. The van der Waals surface area contributed by atoms with E-state index in [1.54, 1.807) is 19.1 Å². The van der Waals surface area contributed by atoms with Gasteiger partial charge in [0.25, 0.3) is 5.91 Å². The van der Waals surface area contributed by atoms with Gasteiger partial charge in [0.1, 0.15) is 11.6 Å². The van der Waals surface area contributed by atoms with Gasteiger partial charge in [0.15, 0.2) is 0 Å². The van der Waals surface area contributed by atoms with Crippen molar-refractivity contribution in [3.63, 3.8) is 0 Å². The zero-order chi connectivity index (χ0) is 19.2. The predicted molar refractivity (Wildman–Crippen MR) is 96.3 cm³/mol. The molecular weight excluding hydrogens is 359 g/mol. The molecule has 0 unspecified atom stereocenters. The van der Waals surface area contributed by atoms with E-state index < -0.39 is 15.9 Å². The molecule has 0 saturated carbocycles. The average molecular weight is 380 g/mol. The Kier molecular flexibility index (Phi) is 6.70. The summed E-state index contributed by atoms with van der Waals surface area (Å²) in [5.41, 5.74) is 0.961. The van der Waals surface area contributed by atoms with Crippen molar-refractivity contribution < 1.29 is 22.3 Å². The van der Waals surface area contributed by atoms with Crippen molar-refractivity contribution in [3.05, 3.63) is 59.4 Å². The van der Waals surface area contributed by atoms with Gasteiger partial charge >= 0.3 is 0 Å².